The van der Waals surface area contributed by atoms with Crippen LogP contribution in [0.1, 0.15) is 31.7 Å². The van der Waals surface area contributed by atoms with Gasteiger partial charge in [-0.25, -0.2) is 9.97 Å². The number of ether oxygens (including phenoxy) is 1. The van der Waals surface area contributed by atoms with Crippen LogP contribution in [-0.2, 0) is 0 Å². The van der Waals surface area contributed by atoms with Crippen molar-refractivity contribution in [1.82, 2.24) is 9.97 Å². The Morgan fingerprint density at radius 2 is 2.15 bits per heavy atom. The van der Waals surface area contributed by atoms with E-state index in [0.717, 1.165) is 31.4 Å². The molecular weight excluding hydrogens is 334 g/mol. The monoisotopic (exact) mass is 357 g/mol. The highest BCUT2D eigenvalue weighted by Crippen LogP contribution is 2.38. The van der Waals surface area contributed by atoms with E-state index >= 15 is 0 Å². The molecule has 26 heavy (non-hydrogen) atoms. The SMILES string of the molecule is COc1ccc(C)cc1Nc1ncnc(N2CCCCC2C)c1[N+](=O)[O-]. The van der Waals surface area contributed by atoms with E-state index in [4.69, 9.17) is 4.74 Å². The molecule has 0 spiro atoms. The Labute approximate surface area is 152 Å². The summed E-state index contributed by atoms with van der Waals surface area (Å²) in [6, 6.07) is 5.81. The number of aryl methyl sites for hydroxylation is 1. The molecule has 138 valence electrons. The van der Waals surface area contributed by atoms with Crippen LogP contribution < -0.4 is 15.0 Å². The third-order valence-corrected chi connectivity index (χ3v) is 4.67. The fourth-order valence-corrected chi connectivity index (χ4v) is 3.30. The van der Waals surface area contributed by atoms with E-state index < -0.39 is 4.92 Å². The highest BCUT2D eigenvalue weighted by molar-refractivity contribution is 5.76. The third-order valence-electron chi connectivity index (χ3n) is 4.67. The molecule has 0 radical (unpaired) electrons. The van der Waals surface area contributed by atoms with Gasteiger partial charge in [0.2, 0.25) is 11.6 Å². The van der Waals surface area contributed by atoms with Gasteiger partial charge in [0.1, 0.15) is 12.1 Å². The largest absolute Gasteiger partial charge is 0.495 e. The number of anilines is 3. The first kappa shape index (κ1) is 17.9. The van der Waals surface area contributed by atoms with Crippen molar-refractivity contribution in [3.05, 3.63) is 40.2 Å². The minimum atomic E-state index is -0.415. The fraction of sp³-hybridized carbons (Fsp3) is 0.444. The number of benzene rings is 1. The topological polar surface area (TPSA) is 93.4 Å². The second kappa shape index (κ2) is 7.55. The van der Waals surface area contributed by atoms with Crippen LogP contribution in [-0.4, -0.2) is 34.6 Å². The summed E-state index contributed by atoms with van der Waals surface area (Å²) >= 11 is 0. The van der Waals surface area contributed by atoms with Gasteiger partial charge in [-0.1, -0.05) is 6.07 Å². The van der Waals surface area contributed by atoms with Crippen LogP contribution in [0.5, 0.6) is 5.75 Å². The highest BCUT2D eigenvalue weighted by Gasteiger charge is 2.31. The molecule has 2 aromatic rings. The number of nitrogens with one attached hydrogen (secondary N) is 1. The molecule has 1 unspecified atom stereocenters. The van der Waals surface area contributed by atoms with Crippen molar-refractivity contribution < 1.29 is 9.66 Å². The van der Waals surface area contributed by atoms with Crippen molar-refractivity contribution in [2.24, 2.45) is 0 Å². The van der Waals surface area contributed by atoms with E-state index in [2.05, 4.69) is 22.2 Å². The molecule has 0 aliphatic carbocycles. The molecule has 0 bridgehead atoms. The zero-order valence-electron chi connectivity index (χ0n) is 15.2. The molecule has 1 N–H and O–H groups in total. The Balaban J connectivity index is 2.04. The minimum absolute atomic E-state index is 0.107. The Morgan fingerprint density at radius 3 is 2.85 bits per heavy atom. The van der Waals surface area contributed by atoms with Gasteiger partial charge in [0.25, 0.3) is 0 Å². The van der Waals surface area contributed by atoms with Gasteiger partial charge in [0.15, 0.2) is 0 Å². The predicted molar refractivity (Wildman–Crippen MR) is 100 cm³/mol. The van der Waals surface area contributed by atoms with Crippen molar-refractivity contribution in [2.75, 3.05) is 23.9 Å². The predicted octanol–water partition coefficient (Wildman–Crippen LogP) is 3.82. The van der Waals surface area contributed by atoms with Crippen LogP contribution >= 0.6 is 0 Å². The van der Waals surface area contributed by atoms with Crippen molar-refractivity contribution >= 4 is 23.0 Å². The van der Waals surface area contributed by atoms with E-state index in [9.17, 15) is 10.1 Å². The molecule has 0 amide bonds. The Morgan fingerprint density at radius 1 is 1.35 bits per heavy atom. The van der Waals surface area contributed by atoms with Crippen molar-refractivity contribution in [1.29, 1.82) is 0 Å². The molecule has 1 fully saturated rings. The molecule has 1 aromatic heterocycles. The van der Waals surface area contributed by atoms with E-state index in [1.165, 1.54) is 6.33 Å². The van der Waals surface area contributed by atoms with Crippen LogP contribution in [0.25, 0.3) is 0 Å². The van der Waals surface area contributed by atoms with E-state index in [1.54, 1.807) is 7.11 Å². The lowest BCUT2D eigenvalue weighted by Gasteiger charge is -2.33. The van der Waals surface area contributed by atoms with Crippen LogP contribution in [0.15, 0.2) is 24.5 Å². The summed E-state index contributed by atoms with van der Waals surface area (Å²) in [7, 11) is 1.56. The Kier molecular flexibility index (Phi) is 5.20. The highest BCUT2D eigenvalue weighted by atomic mass is 16.6. The summed E-state index contributed by atoms with van der Waals surface area (Å²) in [5, 5.41) is 14.9. The van der Waals surface area contributed by atoms with Gasteiger partial charge < -0.3 is 15.0 Å². The smallest absolute Gasteiger partial charge is 0.353 e. The average Bonchev–Trinajstić information content (AvgIpc) is 2.62. The normalized spacial score (nSPS) is 17.0. The standard InChI is InChI=1S/C18H23N5O3/c1-12-7-8-15(26-3)14(10-12)21-17-16(23(24)25)18(20-11-19-17)22-9-5-4-6-13(22)2/h7-8,10-11,13H,4-6,9H2,1-3H3,(H,19,20,21). The maximum absolute atomic E-state index is 11.8. The summed E-state index contributed by atoms with van der Waals surface area (Å²) in [6.07, 6.45) is 4.49. The summed E-state index contributed by atoms with van der Waals surface area (Å²) in [5.74, 6) is 1.13. The van der Waals surface area contributed by atoms with Gasteiger partial charge in [-0.2, -0.15) is 0 Å². The number of nitro groups is 1. The molecule has 3 rings (SSSR count). The van der Waals surface area contributed by atoms with Crippen LogP contribution in [0.4, 0.5) is 23.0 Å². The van der Waals surface area contributed by atoms with E-state index in [0.29, 0.717) is 17.3 Å². The van der Waals surface area contributed by atoms with E-state index in [-0.39, 0.29) is 17.5 Å². The summed E-state index contributed by atoms with van der Waals surface area (Å²) in [4.78, 5) is 21.8. The van der Waals surface area contributed by atoms with Crippen molar-refractivity contribution in [3.8, 4) is 5.75 Å². The Hall–Kier alpha value is -2.90. The number of hydrogen-bond donors (Lipinski definition) is 1. The molecule has 1 aromatic carbocycles. The van der Waals surface area contributed by atoms with Gasteiger partial charge in [0, 0.05) is 12.6 Å². The summed E-state index contributed by atoms with van der Waals surface area (Å²) < 4.78 is 5.35. The zero-order valence-corrected chi connectivity index (χ0v) is 15.2. The first-order valence-corrected chi connectivity index (χ1v) is 8.69. The maximum Gasteiger partial charge on any atom is 0.353 e. The average molecular weight is 357 g/mol. The number of hydrogen-bond acceptors (Lipinski definition) is 7. The molecule has 2 heterocycles. The minimum Gasteiger partial charge on any atom is -0.495 e. The summed E-state index contributed by atoms with van der Waals surface area (Å²) in [5.41, 5.74) is 1.53. The number of piperidine rings is 1. The third kappa shape index (κ3) is 3.54. The molecular formula is C18H23N5O3. The lowest BCUT2D eigenvalue weighted by atomic mass is 10.0. The number of methoxy groups -OCH3 is 1. The van der Waals surface area contributed by atoms with Gasteiger partial charge >= 0.3 is 5.69 Å². The number of rotatable bonds is 5. The molecule has 1 atom stereocenters. The molecule has 0 saturated carbocycles. The van der Waals surface area contributed by atoms with Crippen LogP contribution in [0.3, 0.4) is 0 Å². The second-order valence-electron chi connectivity index (χ2n) is 6.52. The molecule has 1 aliphatic heterocycles. The summed E-state index contributed by atoms with van der Waals surface area (Å²) in [6.45, 7) is 4.77. The molecule has 8 nitrogen and oxygen atoms in total. The lowest BCUT2D eigenvalue weighted by molar-refractivity contribution is -0.383. The maximum atomic E-state index is 11.8. The van der Waals surface area contributed by atoms with Gasteiger partial charge in [-0.3, -0.25) is 10.1 Å². The zero-order chi connectivity index (χ0) is 18.7. The number of nitrogens with zero attached hydrogens (tertiary/aromatic N) is 4. The molecule has 8 heteroatoms. The van der Waals surface area contributed by atoms with Gasteiger partial charge in [-0.05, 0) is 50.8 Å². The number of aromatic nitrogens is 2. The first-order chi connectivity index (χ1) is 12.5. The van der Waals surface area contributed by atoms with Gasteiger partial charge in [-0.15, -0.1) is 0 Å². The fourth-order valence-electron chi connectivity index (χ4n) is 3.30. The molecule has 1 saturated heterocycles. The second-order valence-corrected chi connectivity index (χ2v) is 6.52. The van der Waals surface area contributed by atoms with Gasteiger partial charge in [0.05, 0.1) is 17.7 Å². The Bertz CT molecular complexity index is 811. The first-order valence-electron chi connectivity index (χ1n) is 8.69. The lowest BCUT2D eigenvalue weighted by Crippen LogP contribution is -2.38. The molecule has 1 aliphatic rings. The van der Waals surface area contributed by atoms with Crippen LogP contribution in [0, 0.1) is 17.0 Å². The van der Waals surface area contributed by atoms with Crippen LogP contribution in [0.2, 0.25) is 0 Å². The van der Waals surface area contributed by atoms with Crippen molar-refractivity contribution in [3.63, 3.8) is 0 Å². The van der Waals surface area contributed by atoms with Crippen molar-refractivity contribution in [2.45, 2.75) is 39.2 Å². The quantitative estimate of drug-likeness (QED) is 0.642. The van der Waals surface area contributed by atoms with E-state index in [1.807, 2.05) is 30.0 Å².